The van der Waals surface area contributed by atoms with Crippen LogP contribution >= 0.6 is 0 Å². The molecule has 0 radical (unpaired) electrons. The zero-order chi connectivity index (χ0) is 13.1. The average molecular weight is 245 g/mol. The van der Waals surface area contributed by atoms with Crippen LogP contribution in [0.3, 0.4) is 0 Å². The van der Waals surface area contributed by atoms with E-state index >= 15 is 0 Å². The Labute approximate surface area is 108 Å². The number of nitriles is 1. The van der Waals surface area contributed by atoms with E-state index < -0.39 is 0 Å². The maximum atomic E-state index is 10.1. The lowest BCUT2D eigenvalue weighted by Crippen LogP contribution is -2.43. The molecule has 1 aliphatic carbocycles. The van der Waals surface area contributed by atoms with Crippen LogP contribution in [-0.4, -0.2) is 24.3 Å². The first-order valence-electron chi connectivity index (χ1n) is 6.34. The Balaban J connectivity index is 2.28. The number of hydrogen-bond donors (Lipinski definition) is 2. The molecule has 4 heteroatoms. The highest BCUT2D eigenvalue weighted by Gasteiger charge is 2.27. The zero-order valence-corrected chi connectivity index (χ0v) is 10.6. The molecule has 0 aromatic heterocycles. The smallest absolute Gasteiger partial charge is 0.101 e. The van der Waals surface area contributed by atoms with Crippen molar-refractivity contribution in [1.82, 2.24) is 0 Å². The third kappa shape index (κ3) is 2.27. The van der Waals surface area contributed by atoms with Gasteiger partial charge in [0.15, 0.2) is 0 Å². The van der Waals surface area contributed by atoms with Crippen LogP contribution in [0.15, 0.2) is 18.2 Å². The second-order valence-corrected chi connectivity index (χ2v) is 4.88. The number of rotatable bonds is 2. The van der Waals surface area contributed by atoms with Crippen molar-refractivity contribution in [3.63, 3.8) is 0 Å². The van der Waals surface area contributed by atoms with Crippen molar-refractivity contribution >= 4 is 11.4 Å². The Bertz CT molecular complexity index is 467. The quantitative estimate of drug-likeness (QED) is 0.780. The molecule has 1 fully saturated rings. The van der Waals surface area contributed by atoms with Crippen LogP contribution in [0.4, 0.5) is 11.4 Å². The summed E-state index contributed by atoms with van der Waals surface area (Å²) in [5.41, 5.74) is 7.83. The second-order valence-electron chi connectivity index (χ2n) is 4.88. The van der Waals surface area contributed by atoms with Crippen LogP contribution in [0, 0.1) is 11.3 Å². The van der Waals surface area contributed by atoms with Gasteiger partial charge in [0.2, 0.25) is 0 Å². The molecule has 3 N–H and O–H groups in total. The fraction of sp³-hybridized carbons (Fsp3) is 0.500. The Morgan fingerprint density at radius 3 is 2.78 bits per heavy atom. The molecule has 0 spiro atoms. The van der Waals surface area contributed by atoms with Crippen LogP contribution in [-0.2, 0) is 0 Å². The third-order valence-corrected chi connectivity index (χ3v) is 3.77. The highest BCUT2D eigenvalue weighted by molar-refractivity contribution is 5.74. The van der Waals surface area contributed by atoms with Gasteiger partial charge in [-0.3, -0.25) is 0 Å². The van der Waals surface area contributed by atoms with E-state index in [0.29, 0.717) is 11.3 Å². The summed E-state index contributed by atoms with van der Waals surface area (Å²) in [6, 6.07) is 7.62. The number of aliphatic hydroxyl groups excluding tert-OH is 1. The Hall–Kier alpha value is -1.73. The lowest BCUT2D eigenvalue weighted by Gasteiger charge is -2.37. The van der Waals surface area contributed by atoms with Crippen LogP contribution in [0.5, 0.6) is 0 Å². The summed E-state index contributed by atoms with van der Waals surface area (Å²) < 4.78 is 0. The second kappa shape index (κ2) is 5.28. The molecule has 18 heavy (non-hydrogen) atoms. The molecular weight excluding hydrogens is 226 g/mol. The lowest BCUT2D eigenvalue weighted by molar-refractivity contribution is 0.106. The third-order valence-electron chi connectivity index (χ3n) is 3.77. The number of nitrogens with zero attached hydrogens (tertiary/aromatic N) is 2. The summed E-state index contributed by atoms with van der Waals surface area (Å²) in [7, 11) is 1.94. The van der Waals surface area contributed by atoms with E-state index in [-0.39, 0.29) is 12.1 Å². The Kier molecular flexibility index (Phi) is 3.73. The molecule has 0 aliphatic heterocycles. The van der Waals surface area contributed by atoms with Gasteiger partial charge in [-0.05, 0) is 25.0 Å². The first kappa shape index (κ1) is 12.7. The fourth-order valence-corrected chi connectivity index (χ4v) is 2.68. The van der Waals surface area contributed by atoms with E-state index in [9.17, 15) is 5.11 Å². The predicted molar refractivity (Wildman–Crippen MR) is 72.2 cm³/mol. The van der Waals surface area contributed by atoms with Crippen LogP contribution in [0.1, 0.15) is 31.2 Å². The van der Waals surface area contributed by atoms with E-state index in [1.165, 1.54) is 0 Å². The van der Waals surface area contributed by atoms with Gasteiger partial charge in [-0.25, -0.2) is 0 Å². The van der Waals surface area contributed by atoms with Gasteiger partial charge in [-0.2, -0.15) is 5.26 Å². The van der Waals surface area contributed by atoms with Gasteiger partial charge in [0.05, 0.1) is 29.1 Å². The van der Waals surface area contributed by atoms with Crippen LogP contribution in [0.25, 0.3) is 0 Å². The molecule has 2 atom stereocenters. The Morgan fingerprint density at radius 2 is 2.11 bits per heavy atom. The topological polar surface area (TPSA) is 73.3 Å². The molecule has 0 amide bonds. The highest BCUT2D eigenvalue weighted by Crippen LogP contribution is 2.31. The van der Waals surface area contributed by atoms with Gasteiger partial charge in [0.25, 0.3) is 0 Å². The zero-order valence-electron chi connectivity index (χ0n) is 10.6. The summed E-state index contributed by atoms with van der Waals surface area (Å²) in [5.74, 6) is 0. The summed E-state index contributed by atoms with van der Waals surface area (Å²) >= 11 is 0. The van der Waals surface area contributed by atoms with Crippen molar-refractivity contribution in [2.75, 3.05) is 17.7 Å². The normalized spacial score (nSPS) is 23.4. The van der Waals surface area contributed by atoms with Crippen molar-refractivity contribution in [3.8, 4) is 6.07 Å². The number of aliphatic hydroxyl groups is 1. The van der Waals surface area contributed by atoms with Gasteiger partial charge < -0.3 is 15.7 Å². The minimum absolute atomic E-state index is 0.0926. The van der Waals surface area contributed by atoms with Crippen molar-refractivity contribution in [2.45, 2.75) is 37.8 Å². The first-order valence-corrected chi connectivity index (χ1v) is 6.34. The Morgan fingerprint density at radius 1 is 1.39 bits per heavy atom. The molecule has 2 unspecified atom stereocenters. The van der Waals surface area contributed by atoms with Gasteiger partial charge in [0, 0.05) is 7.05 Å². The number of nitrogen functional groups attached to an aromatic ring is 1. The largest absolute Gasteiger partial charge is 0.396 e. The van der Waals surface area contributed by atoms with Gasteiger partial charge in [-0.15, -0.1) is 0 Å². The first-order chi connectivity index (χ1) is 8.65. The summed E-state index contributed by atoms with van der Waals surface area (Å²) in [6.45, 7) is 0. The number of likely N-dealkylation sites (N-methyl/N-ethyl adjacent to an activating group) is 1. The van der Waals surface area contributed by atoms with Crippen molar-refractivity contribution < 1.29 is 5.11 Å². The monoisotopic (exact) mass is 245 g/mol. The number of nitrogens with two attached hydrogens (primary N) is 1. The predicted octanol–water partition coefficient (Wildman–Crippen LogP) is 1.88. The average Bonchev–Trinajstić information content (AvgIpc) is 2.39. The molecule has 0 saturated heterocycles. The maximum Gasteiger partial charge on any atom is 0.101 e. The number of anilines is 2. The van der Waals surface area contributed by atoms with E-state index in [0.717, 1.165) is 31.4 Å². The SMILES string of the molecule is CN(c1cccc(C#N)c1N)C1CCCCC1O. The van der Waals surface area contributed by atoms with Gasteiger partial charge >= 0.3 is 0 Å². The molecule has 1 aliphatic rings. The molecule has 96 valence electrons. The van der Waals surface area contributed by atoms with Crippen molar-refractivity contribution in [2.24, 2.45) is 0 Å². The molecule has 1 aromatic carbocycles. The summed E-state index contributed by atoms with van der Waals surface area (Å²) in [4.78, 5) is 2.01. The highest BCUT2D eigenvalue weighted by atomic mass is 16.3. The molecule has 1 saturated carbocycles. The van der Waals surface area contributed by atoms with Crippen molar-refractivity contribution in [3.05, 3.63) is 23.8 Å². The summed E-state index contributed by atoms with van der Waals surface area (Å²) in [5, 5.41) is 19.1. The van der Waals surface area contributed by atoms with Crippen molar-refractivity contribution in [1.29, 1.82) is 5.26 Å². The van der Waals surface area contributed by atoms with Crippen LogP contribution in [0.2, 0.25) is 0 Å². The lowest BCUT2D eigenvalue weighted by atomic mass is 9.91. The molecular formula is C14H19N3O. The molecule has 0 bridgehead atoms. The molecule has 4 nitrogen and oxygen atoms in total. The standard InChI is InChI=1S/C14H19N3O/c1-17(11-6-2-3-8-13(11)18)12-7-4-5-10(9-15)14(12)16/h4-5,7,11,13,18H,2-3,6,8,16H2,1H3. The fourth-order valence-electron chi connectivity index (χ4n) is 2.68. The van der Waals surface area contributed by atoms with Gasteiger partial charge in [-0.1, -0.05) is 18.9 Å². The van der Waals surface area contributed by atoms with E-state index in [1.54, 1.807) is 6.07 Å². The number of benzene rings is 1. The van der Waals surface area contributed by atoms with E-state index in [4.69, 9.17) is 11.0 Å². The van der Waals surface area contributed by atoms with E-state index in [2.05, 4.69) is 6.07 Å². The molecule has 1 aromatic rings. The number of para-hydroxylation sites is 1. The minimum atomic E-state index is -0.311. The maximum absolute atomic E-state index is 10.1. The van der Waals surface area contributed by atoms with Gasteiger partial charge in [0.1, 0.15) is 6.07 Å². The summed E-state index contributed by atoms with van der Waals surface area (Å²) in [6.07, 6.45) is 3.71. The molecule has 0 heterocycles. The number of hydrogen-bond acceptors (Lipinski definition) is 4. The van der Waals surface area contributed by atoms with Crippen LogP contribution < -0.4 is 10.6 Å². The minimum Gasteiger partial charge on any atom is -0.396 e. The molecule has 2 rings (SSSR count). The van der Waals surface area contributed by atoms with E-state index in [1.807, 2.05) is 24.1 Å².